The highest BCUT2D eigenvalue weighted by Crippen LogP contribution is 2.12. The Morgan fingerprint density at radius 1 is 1.27 bits per heavy atom. The highest BCUT2D eigenvalue weighted by molar-refractivity contribution is 14.0. The lowest BCUT2D eigenvalue weighted by molar-refractivity contribution is -0.119. The van der Waals surface area contributed by atoms with Gasteiger partial charge in [-0.3, -0.25) is 4.79 Å². The Morgan fingerprint density at radius 2 is 1.95 bits per heavy atom. The first-order chi connectivity index (χ1) is 10.1. The lowest BCUT2D eigenvalue weighted by Crippen LogP contribution is -2.39. The molecule has 0 aliphatic rings. The van der Waals surface area contributed by atoms with Crippen LogP contribution in [0.3, 0.4) is 0 Å². The zero-order chi connectivity index (χ0) is 15.7. The fourth-order valence-corrected chi connectivity index (χ4v) is 2.07. The molecule has 0 unspecified atom stereocenters. The van der Waals surface area contributed by atoms with E-state index in [1.807, 2.05) is 50.1 Å². The van der Waals surface area contributed by atoms with E-state index in [0.717, 1.165) is 12.1 Å². The van der Waals surface area contributed by atoms with Crippen LogP contribution in [0.1, 0.15) is 19.4 Å². The predicted octanol–water partition coefficient (Wildman–Crippen LogP) is 2.49. The third-order valence-electron chi connectivity index (χ3n) is 2.75. The average Bonchev–Trinajstić information content (AvgIpc) is 2.43. The zero-order valence-electron chi connectivity index (χ0n) is 13.2. The third-order valence-corrected chi connectivity index (χ3v) is 2.99. The average molecular weight is 439 g/mol. The van der Waals surface area contributed by atoms with E-state index in [1.54, 1.807) is 0 Å². The number of aliphatic imine (C=N–C) groups is 1. The minimum Gasteiger partial charge on any atom is -0.357 e. The summed E-state index contributed by atoms with van der Waals surface area (Å²) in [6.07, 6.45) is 0. The van der Waals surface area contributed by atoms with Gasteiger partial charge in [0.1, 0.15) is 6.54 Å². The summed E-state index contributed by atoms with van der Waals surface area (Å²) in [5.41, 5.74) is 1.09. The zero-order valence-corrected chi connectivity index (χ0v) is 16.3. The lowest BCUT2D eigenvalue weighted by atomic mass is 10.2. The van der Waals surface area contributed by atoms with E-state index >= 15 is 0 Å². The monoisotopic (exact) mass is 438 g/mol. The maximum atomic E-state index is 11.5. The van der Waals surface area contributed by atoms with E-state index in [0.29, 0.717) is 24.1 Å². The first kappa shape index (κ1) is 21.0. The summed E-state index contributed by atoms with van der Waals surface area (Å²) in [4.78, 5) is 17.8. The van der Waals surface area contributed by atoms with Crippen molar-refractivity contribution in [1.82, 2.24) is 15.5 Å². The standard InChI is InChI=1S/C15H23ClN4O.HI/c1-4-17-14(21)10-19-15(18-5-2)20(3)11-12-7-6-8-13(16)9-12;/h6-9H,4-5,10-11H2,1-3H3,(H,17,21)(H,18,19);1H. The van der Waals surface area contributed by atoms with E-state index in [-0.39, 0.29) is 36.4 Å². The van der Waals surface area contributed by atoms with Crippen LogP contribution in [0, 0.1) is 0 Å². The quantitative estimate of drug-likeness (QED) is 0.408. The van der Waals surface area contributed by atoms with Crippen LogP contribution in [0.25, 0.3) is 0 Å². The van der Waals surface area contributed by atoms with Gasteiger partial charge in [-0.2, -0.15) is 0 Å². The van der Waals surface area contributed by atoms with Crippen LogP contribution in [0.4, 0.5) is 0 Å². The van der Waals surface area contributed by atoms with Gasteiger partial charge in [-0.25, -0.2) is 4.99 Å². The summed E-state index contributed by atoms with van der Waals surface area (Å²) in [5, 5.41) is 6.62. The number of benzene rings is 1. The molecule has 1 rings (SSSR count). The van der Waals surface area contributed by atoms with Crippen LogP contribution in [-0.2, 0) is 11.3 Å². The molecular weight excluding hydrogens is 415 g/mol. The normalized spacial score (nSPS) is 10.6. The van der Waals surface area contributed by atoms with E-state index in [4.69, 9.17) is 11.6 Å². The van der Waals surface area contributed by atoms with Gasteiger partial charge in [-0.05, 0) is 31.5 Å². The molecule has 7 heteroatoms. The van der Waals surface area contributed by atoms with Crippen molar-refractivity contribution in [3.8, 4) is 0 Å². The molecule has 5 nitrogen and oxygen atoms in total. The molecule has 2 N–H and O–H groups in total. The molecule has 0 heterocycles. The van der Waals surface area contributed by atoms with E-state index < -0.39 is 0 Å². The Bertz CT molecular complexity index is 496. The topological polar surface area (TPSA) is 56.7 Å². The summed E-state index contributed by atoms with van der Waals surface area (Å²) >= 11 is 5.99. The number of nitrogens with one attached hydrogen (secondary N) is 2. The van der Waals surface area contributed by atoms with Gasteiger partial charge in [-0.1, -0.05) is 23.7 Å². The van der Waals surface area contributed by atoms with Gasteiger partial charge in [0.15, 0.2) is 5.96 Å². The van der Waals surface area contributed by atoms with Crippen molar-refractivity contribution in [2.24, 2.45) is 4.99 Å². The van der Waals surface area contributed by atoms with Crippen molar-refractivity contribution < 1.29 is 4.79 Å². The number of hydrogen-bond donors (Lipinski definition) is 2. The largest absolute Gasteiger partial charge is 0.357 e. The molecule has 0 saturated heterocycles. The number of rotatable bonds is 6. The Kier molecular flexibility index (Phi) is 11.0. The van der Waals surface area contributed by atoms with Crippen LogP contribution in [0.5, 0.6) is 0 Å². The molecule has 22 heavy (non-hydrogen) atoms. The van der Waals surface area contributed by atoms with Crippen LogP contribution in [0.2, 0.25) is 5.02 Å². The smallest absolute Gasteiger partial charge is 0.241 e. The summed E-state index contributed by atoms with van der Waals surface area (Å²) < 4.78 is 0. The Morgan fingerprint density at radius 3 is 2.55 bits per heavy atom. The second-order valence-electron chi connectivity index (χ2n) is 4.61. The summed E-state index contributed by atoms with van der Waals surface area (Å²) in [6.45, 7) is 6.03. The van der Waals surface area contributed by atoms with Gasteiger partial charge in [0.25, 0.3) is 0 Å². The molecule has 1 aromatic rings. The minimum atomic E-state index is -0.0796. The molecule has 0 radical (unpaired) electrons. The first-order valence-corrected chi connectivity index (χ1v) is 7.45. The van der Waals surface area contributed by atoms with Gasteiger partial charge in [0.2, 0.25) is 5.91 Å². The number of halogens is 2. The second-order valence-corrected chi connectivity index (χ2v) is 5.05. The molecule has 1 amide bonds. The van der Waals surface area contributed by atoms with Crippen LogP contribution in [-0.4, -0.2) is 43.4 Å². The summed E-state index contributed by atoms with van der Waals surface area (Å²) in [7, 11) is 1.93. The number of carbonyl (C=O) groups is 1. The van der Waals surface area contributed by atoms with E-state index in [1.165, 1.54) is 0 Å². The minimum absolute atomic E-state index is 0. The molecular formula is C15H24ClIN4O. The Hall–Kier alpha value is -1.02. The highest BCUT2D eigenvalue weighted by atomic mass is 127. The van der Waals surface area contributed by atoms with Gasteiger partial charge in [0.05, 0.1) is 0 Å². The van der Waals surface area contributed by atoms with Crippen molar-refractivity contribution in [3.05, 3.63) is 34.9 Å². The SMILES string of the molecule is CCNC(=O)CN=C(NCC)N(C)Cc1cccc(Cl)c1.I. The lowest BCUT2D eigenvalue weighted by Gasteiger charge is -2.22. The van der Waals surface area contributed by atoms with Gasteiger partial charge >= 0.3 is 0 Å². The van der Waals surface area contributed by atoms with E-state index in [2.05, 4.69) is 15.6 Å². The predicted molar refractivity (Wildman–Crippen MR) is 103 cm³/mol. The maximum Gasteiger partial charge on any atom is 0.241 e. The molecule has 0 aliphatic carbocycles. The van der Waals surface area contributed by atoms with Gasteiger partial charge < -0.3 is 15.5 Å². The van der Waals surface area contributed by atoms with Crippen LogP contribution in [0.15, 0.2) is 29.3 Å². The van der Waals surface area contributed by atoms with Gasteiger partial charge in [-0.15, -0.1) is 24.0 Å². The fraction of sp³-hybridized carbons (Fsp3) is 0.467. The molecule has 0 fully saturated rings. The van der Waals surface area contributed by atoms with Gasteiger partial charge in [0, 0.05) is 31.7 Å². The number of guanidine groups is 1. The number of amides is 1. The molecule has 0 atom stereocenters. The molecule has 0 aromatic heterocycles. The van der Waals surface area contributed by atoms with Crippen LogP contribution < -0.4 is 10.6 Å². The third kappa shape index (κ3) is 7.84. The molecule has 0 aliphatic heterocycles. The van der Waals surface area contributed by atoms with E-state index in [9.17, 15) is 4.79 Å². The molecule has 0 spiro atoms. The molecule has 0 saturated carbocycles. The molecule has 0 bridgehead atoms. The number of likely N-dealkylation sites (N-methyl/N-ethyl adjacent to an activating group) is 1. The number of nitrogens with zero attached hydrogens (tertiary/aromatic N) is 2. The summed E-state index contributed by atoms with van der Waals surface area (Å²) in [6, 6.07) is 7.70. The maximum absolute atomic E-state index is 11.5. The Labute approximate surface area is 154 Å². The first-order valence-electron chi connectivity index (χ1n) is 7.07. The van der Waals surface area contributed by atoms with Crippen molar-refractivity contribution >= 4 is 47.4 Å². The fourth-order valence-electron chi connectivity index (χ4n) is 1.85. The van der Waals surface area contributed by atoms with Crippen LogP contribution >= 0.6 is 35.6 Å². The number of hydrogen-bond acceptors (Lipinski definition) is 2. The van der Waals surface area contributed by atoms with Crippen molar-refractivity contribution in [2.45, 2.75) is 20.4 Å². The van der Waals surface area contributed by atoms with Crippen molar-refractivity contribution in [3.63, 3.8) is 0 Å². The Balaban J connectivity index is 0.00000441. The van der Waals surface area contributed by atoms with Crippen molar-refractivity contribution in [1.29, 1.82) is 0 Å². The molecule has 124 valence electrons. The second kappa shape index (κ2) is 11.5. The number of carbonyl (C=O) groups excluding carboxylic acids is 1. The van der Waals surface area contributed by atoms with Crippen molar-refractivity contribution in [2.75, 3.05) is 26.7 Å². The molecule has 1 aromatic carbocycles. The summed E-state index contributed by atoms with van der Waals surface area (Å²) in [5.74, 6) is 0.618. The highest BCUT2D eigenvalue weighted by Gasteiger charge is 2.08.